The van der Waals surface area contributed by atoms with Crippen molar-refractivity contribution in [2.24, 2.45) is 21.8 Å². The SMILES string of the molecule is CC12CCC(C/C1=N/NC(=O)CSc1nnc(N3CCCC3)n1Cc1ccco1)C2(C)C. The highest BCUT2D eigenvalue weighted by atomic mass is 32.2. The second-order valence-electron chi connectivity index (χ2n) is 10.0. The predicted octanol–water partition coefficient (Wildman–Crippen LogP) is 3.93. The molecule has 3 aliphatic rings. The number of furan rings is 1. The summed E-state index contributed by atoms with van der Waals surface area (Å²) < 4.78 is 7.60. The third-order valence-electron chi connectivity index (χ3n) is 8.14. The van der Waals surface area contributed by atoms with Crippen LogP contribution in [0.25, 0.3) is 0 Å². The second kappa shape index (κ2) is 8.24. The van der Waals surface area contributed by atoms with Crippen molar-refractivity contribution in [3.63, 3.8) is 0 Å². The molecule has 2 atom stereocenters. The number of fused-ring (bicyclic) bond motifs is 2. The maximum atomic E-state index is 12.6. The van der Waals surface area contributed by atoms with Gasteiger partial charge >= 0.3 is 0 Å². The molecule has 1 N–H and O–H groups in total. The van der Waals surface area contributed by atoms with Crippen LogP contribution in [0.5, 0.6) is 0 Å². The van der Waals surface area contributed by atoms with Crippen molar-refractivity contribution in [1.29, 1.82) is 0 Å². The quantitative estimate of drug-likeness (QED) is 0.502. The van der Waals surface area contributed by atoms with Gasteiger partial charge in [0.1, 0.15) is 5.76 Å². The topological polar surface area (TPSA) is 88.5 Å². The van der Waals surface area contributed by atoms with E-state index in [1.165, 1.54) is 18.2 Å². The van der Waals surface area contributed by atoms with Crippen LogP contribution < -0.4 is 10.3 Å². The Labute approximate surface area is 193 Å². The Morgan fingerprint density at radius 2 is 2.12 bits per heavy atom. The van der Waals surface area contributed by atoms with Gasteiger partial charge in [0, 0.05) is 24.2 Å². The van der Waals surface area contributed by atoms with Crippen molar-refractivity contribution >= 4 is 29.3 Å². The summed E-state index contributed by atoms with van der Waals surface area (Å²) >= 11 is 1.39. The molecule has 2 aromatic heterocycles. The number of aromatic nitrogens is 3. The van der Waals surface area contributed by atoms with Gasteiger partial charge in [0.2, 0.25) is 5.95 Å². The van der Waals surface area contributed by atoms with Crippen molar-refractivity contribution in [3.05, 3.63) is 24.2 Å². The third-order valence-corrected chi connectivity index (χ3v) is 9.11. The fourth-order valence-corrected chi connectivity index (χ4v) is 6.35. The first kappa shape index (κ1) is 21.6. The monoisotopic (exact) mass is 456 g/mol. The van der Waals surface area contributed by atoms with E-state index in [0.29, 0.717) is 12.5 Å². The van der Waals surface area contributed by atoms with E-state index in [4.69, 9.17) is 4.42 Å². The Bertz CT molecular complexity index is 1010. The average Bonchev–Trinajstić information content (AvgIpc) is 3.57. The molecule has 2 bridgehead atoms. The number of amides is 1. The Kier molecular flexibility index (Phi) is 5.55. The number of thioether (sulfide) groups is 1. The number of hydrazone groups is 1. The van der Waals surface area contributed by atoms with Gasteiger partial charge in [-0.05, 0) is 55.6 Å². The number of anilines is 1. The predicted molar refractivity (Wildman–Crippen MR) is 125 cm³/mol. The van der Waals surface area contributed by atoms with Gasteiger partial charge < -0.3 is 9.32 Å². The molecule has 0 radical (unpaired) electrons. The standard InChI is InChI=1S/C23H32N6O2S/c1-22(2)16-8-9-23(22,3)18(13-16)24-25-19(30)15-32-21-27-26-20(28-10-4-5-11-28)29(21)14-17-7-6-12-31-17/h6-7,12,16H,4-5,8-11,13-15H2,1-3H3,(H,25,30)/b24-18-. The number of carbonyl (C=O) groups is 1. The van der Waals surface area contributed by atoms with Crippen molar-refractivity contribution < 1.29 is 9.21 Å². The van der Waals surface area contributed by atoms with E-state index in [-0.39, 0.29) is 22.5 Å². The molecule has 172 valence electrons. The number of hydrogen-bond donors (Lipinski definition) is 1. The zero-order valence-electron chi connectivity index (χ0n) is 19.1. The van der Waals surface area contributed by atoms with Crippen LogP contribution in [0.4, 0.5) is 5.95 Å². The number of nitrogens with zero attached hydrogens (tertiary/aromatic N) is 5. The molecule has 3 heterocycles. The molecule has 9 heteroatoms. The maximum absolute atomic E-state index is 12.6. The fourth-order valence-electron chi connectivity index (χ4n) is 5.63. The summed E-state index contributed by atoms with van der Waals surface area (Å²) in [6.45, 7) is 9.50. The van der Waals surface area contributed by atoms with Crippen LogP contribution in [-0.2, 0) is 11.3 Å². The summed E-state index contributed by atoms with van der Waals surface area (Å²) in [6.07, 6.45) is 7.41. The van der Waals surface area contributed by atoms with Gasteiger partial charge in [-0.15, -0.1) is 10.2 Å². The molecule has 2 aliphatic carbocycles. The van der Waals surface area contributed by atoms with Gasteiger partial charge in [0.25, 0.3) is 5.91 Å². The molecule has 0 spiro atoms. The minimum atomic E-state index is -0.109. The highest BCUT2D eigenvalue weighted by Crippen LogP contribution is 2.63. The number of hydrogen-bond acceptors (Lipinski definition) is 7. The molecule has 1 aliphatic heterocycles. The number of nitrogens with one attached hydrogen (secondary N) is 1. The first-order valence-electron chi connectivity index (χ1n) is 11.6. The van der Waals surface area contributed by atoms with Gasteiger partial charge in [-0.3, -0.25) is 9.36 Å². The van der Waals surface area contributed by atoms with Gasteiger partial charge in [0.15, 0.2) is 5.16 Å². The van der Waals surface area contributed by atoms with Crippen LogP contribution in [0.2, 0.25) is 0 Å². The van der Waals surface area contributed by atoms with Crippen LogP contribution in [0, 0.1) is 16.7 Å². The molecule has 8 nitrogen and oxygen atoms in total. The number of rotatable bonds is 7. The molecule has 0 aromatic carbocycles. The highest BCUT2D eigenvalue weighted by molar-refractivity contribution is 7.99. The Balaban J connectivity index is 1.25. The minimum absolute atomic E-state index is 0.0892. The second-order valence-corrected chi connectivity index (χ2v) is 11.0. The lowest BCUT2D eigenvalue weighted by atomic mass is 9.70. The Morgan fingerprint density at radius 3 is 2.78 bits per heavy atom. The molecule has 3 fully saturated rings. The van der Waals surface area contributed by atoms with E-state index >= 15 is 0 Å². The maximum Gasteiger partial charge on any atom is 0.250 e. The lowest BCUT2D eigenvalue weighted by molar-refractivity contribution is -0.118. The summed E-state index contributed by atoms with van der Waals surface area (Å²) in [5.41, 5.74) is 4.30. The van der Waals surface area contributed by atoms with Crippen LogP contribution in [0.3, 0.4) is 0 Å². The lowest BCUT2D eigenvalue weighted by Crippen LogP contribution is -2.34. The summed E-state index contributed by atoms with van der Waals surface area (Å²) in [6, 6.07) is 3.83. The molecule has 1 saturated heterocycles. The van der Waals surface area contributed by atoms with Crippen molar-refractivity contribution in [2.75, 3.05) is 23.7 Å². The summed E-state index contributed by atoms with van der Waals surface area (Å²) in [5, 5.41) is 14.1. The highest BCUT2D eigenvalue weighted by Gasteiger charge is 2.60. The van der Waals surface area contributed by atoms with Gasteiger partial charge in [0.05, 0.1) is 18.6 Å². The minimum Gasteiger partial charge on any atom is -0.467 e. The first-order chi connectivity index (χ1) is 15.4. The van der Waals surface area contributed by atoms with Crippen molar-refractivity contribution in [1.82, 2.24) is 20.2 Å². The fraction of sp³-hybridized carbons (Fsp3) is 0.652. The van der Waals surface area contributed by atoms with Gasteiger partial charge in [-0.25, -0.2) is 5.43 Å². The molecular weight excluding hydrogens is 424 g/mol. The summed E-state index contributed by atoms with van der Waals surface area (Å²) in [4.78, 5) is 14.9. The number of carbonyl (C=O) groups excluding carboxylic acids is 1. The van der Waals surface area contributed by atoms with Crippen molar-refractivity contribution in [3.8, 4) is 0 Å². The molecule has 32 heavy (non-hydrogen) atoms. The third kappa shape index (κ3) is 3.64. The van der Waals surface area contributed by atoms with E-state index < -0.39 is 0 Å². The smallest absolute Gasteiger partial charge is 0.250 e. The van der Waals surface area contributed by atoms with Gasteiger partial charge in [-0.1, -0.05) is 32.5 Å². The van der Waals surface area contributed by atoms with E-state index in [9.17, 15) is 4.79 Å². The average molecular weight is 457 g/mol. The molecule has 1 amide bonds. The Hall–Kier alpha value is -2.29. The summed E-state index contributed by atoms with van der Waals surface area (Å²) in [5.74, 6) is 2.49. The van der Waals surface area contributed by atoms with E-state index in [0.717, 1.165) is 61.3 Å². The van der Waals surface area contributed by atoms with Crippen LogP contribution in [-0.4, -0.2) is 45.2 Å². The molecule has 2 saturated carbocycles. The zero-order valence-corrected chi connectivity index (χ0v) is 20.0. The molecular formula is C23H32N6O2S. The van der Waals surface area contributed by atoms with Crippen LogP contribution >= 0.6 is 11.8 Å². The van der Waals surface area contributed by atoms with E-state index in [2.05, 4.69) is 46.4 Å². The van der Waals surface area contributed by atoms with Crippen molar-refractivity contribution in [2.45, 2.75) is 64.6 Å². The van der Waals surface area contributed by atoms with E-state index in [1.54, 1.807) is 6.26 Å². The normalized spacial score (nSPS) is 27.5. The van der Waals surface area contributed by atoms with Crippen LogP contribution in [0.15, 0.2) is 33.1 Å². The van der Waals surface area contributed by atoms with Gasteiger partial charge in [-0.2, -0.15) is 5.10 Å². The Morgan fingerprint density at radius 1 is 1.31 bits per heavy atom. The molecule has 2 unspecified atom stereocenters. The zero-order chi connectivity index (χ0) is 22.3. The molecule has 2 aromatic rings. The largest absolute Gasteiger partial charge is 0.467 e. The summed E-state index contributed by atoms with van der Waals surface area (Å²) in [7, 11) is 0. The first-order valence-corrected chi connectivity index (χ1v) is 12.6. The van der Waals surface area contributed by atoms with Crippen LogP contribution in [0.1, 0.15) is 58.6 Å². The van der Waals surface area contributed by atoms with E-state index in [1.807, 2.05) is 16.7 Å². The lowest BCUT2D eigenvalue weighted by Gasteiger charge is -2.34. The molecule has 5 rings (SSSR count).